The Bertz CT molecular complexity index is 631. The topological polar surface area (TPSA) is 63.2 Å². The van der Waals surface area contributed by atoms with Crippen LogP contribution >= 0.6 is 23.4 Å². The lowest BCUT2D eigenvalue weighted by Crippen LogP contribution is -2.17. The minimum absolute atomic E-state index is 0.0727. The summed E-state index contributed by atoms with van der Waals surface area (Å²) in [6.45, 7) is 2.04. The molecular formula is C14H18ClNO3S2. The van der Waals surface area contributed by atoms with E-state index >= 15 is 0 Å². The molecule has 1 aromatic rings. The molecule has 1 saturated heterocycles. The average molecular weight is 348 g/mol. The molecule has 1 aromatic carbocycles. The number of carbonyl (C=O) groups is 1. The molecule has 0 unspecified atom stereocenters. The first-order valence-corrected chi connectivity index (χ1v) is 10.0. The van der Waals surface area contributed by atoms with Gasteiger partial charge in [-0.15, -0.1) is 11.8 Å². The van der Waals surface area contributed by atoms with Crippen LogP contribution in [0, 0.1) is 5.92 Å². The SMILES string of the molecule is CCSc1ccc(Cl)cc1NC(=O)C[C@H]1CCS(=O)(=O)C1. The van der Waals surface area contributed by atoms with Crippen molar-refractivity contribution in [1.29, 1.82) is 0 Å². The second kappa shape index (κ2) is 7.03. The van der Waals surface area contributed by atoms with Gasteiger partial charge in [0, 0.05) is 16.3 Å². The molecule has 0 saturated carbocycles. The standard InChI is InChI=1S/C14H18ClNO3S2/c1-2-20-13-4-3-11(15)8-12(13)16-14(17)7-10-5-6-21(18,19)9-10/h3-4,8,10H,2,5-7,9H2,1H3,(H,16,17)/t10-/m1/s1. The summed E-state index contributed by atoms with van der Waals surface area (Å²) in [7, 11) is -2.94. The maximum absolute atomic E-state index is 12.1. The molecule has 0 aromatic heterocycles. The predicted molar refractivity (Wildman–Crippen MR) is 87.9 cm³/mol. The molecule has 0 bridgehead atoms. The third kappa shape index (κ3) is 4.90. The predicted octanol–water partition coefficient (Wildman–Crippen LogP) is 3.22. The normalized spacial score (nSPS) is 20.4. The van der Waals surface area contributed by atoms with Gasteiger partial charge in [-0.3, -0.25) is 4.79 Å². The number of thioether (sulfide) groups is 1. The summed E-state index contributed by atoms with van der Waals surface area (Å²) in [6.07, 6.45) is 0.809. The van der Waals surface area contributed by atoms with E-state index in [9.17, 15) is 13.2 Å². The van der Waals surface area contributed by atoms with E-state index in [0.29, 0.717) is 17.1 Å². The van der Waals surface area contributed by atoms with E-state index in [1.54, 1.807) is 23.9 Å². The van der Waals surface area contributed by atoms with Crippen LogP contribution in [0.5, 0.6) is 0 Å². The summed E-state index contributed by atoms with van der Waals surface area (Å²) in [4.78, 5) is 13.1. The Hall–Kier alpha value is -0.720. The number of rotatable bonds is 5. The summed E-state index contributed by atoms with van der Waals surface area (Å²) in [5.74, 6) is 0.977. The van der Waals surface area contributed by atoms with Gasteiger partial charge < -0.3 is 5.32 Å². The monoisotopic (exact) mass is 347 g/mol. The highest BCUT2D eigenvalue weighted by Crippen LogP contribution is 2.30. The highest BCUT2D eigenvalue weighted by atomic mass is 35.5. The first-order chi connectivity index (χ1) is 9.89. The first kappa shape index (κ1) is 16.6. The molecule has 0 spiro atoms. The molecule has 1 atom stereocenters. The van der Waals surface area contributed by atoms with Gasteiger partial charge in [0.25, 0.3) is 0 Å². The maximum atomic E-state index is 12.1. The minimum Gasteiger partial charge on any atom is -0.325 e. The van der Waals surface area contributed by atoms with Gasteiger partial charge in [-0.25, -0.2) is 8.42 Å². The zero-order valence-corrected chi connectivity index (χ0v) is 14.2. The van der Waals surface area contributed by atoms with Crippen molar-refractivity contribution in [3.63, 3.8) is 0 Å². The number of benzene rings is 1. The molecule has 1 aliphatic heterocycles. The van der Waals surface area contributed by atoms with Gasteiger partial charge in [-0.2, -0.15) is 0 Å². The highest BCUT2D eigenvalue weighted by molar-refractivity contribution is 7.99. The number of sulfone groups is 1. The fraction of sp³-hybridized carbons (Fsp3) is 0.500. The number of nitrogens with one attached hydrogen (secondary N) is 1. The summed E-state index contributed by atoms with van der Waals surface area (Å²) >= 11 is 7.59. The second-order valence-electron chi connectivity index (χ2n) is 5.09. The number of hydrogen-bond donors (Lipinski definition) is 1. The molecule has 21 heavy (non-hydrogen) atoms. The Labute approximate surface area is 134 Å². The van der Waals surface area contributed by atoms with Crippen molar-refractivity contribution < 1.29 is 13.2 Å². The number of halogens is 1. The fourth-order valence-electron chi connectivity index (χ4n) is 2.38. The van der Waals surface area contributed by atoms with Gasteiger partial charge in [0.1, 0.15) is 0 Å². The Balaban J connectivity index is 2.01. The fourth-order valence-corrected chi connectivity index (χ4v) is 5.15. The van der Waals surface area contributed by atoms with Crippen molar-refractivity contribution >= 4 is 44.8 Å². The number of carbonyl (C=O) groups excluding carboxylic acids is 1. The van der Waals surface area contributed by atoms with Gasteiger partial charge >= 0.3 is 0 Å². The van der Waals surface area contributed by atoms with Gasteiger partial charge in [-0.1, -0.05) is 18.5 Å². The zero-order valence-electron chi connectivity index (χ0n) is 11.8. The van der Waals surface area contributed by atoms with Gasteiger partial charge in [0.05, 0.1) is 17.2 Å². The Kier molecular flexibility index (Phi) is 5.57. The molecular weight excluding hydrogens is 330 g/mol. The molecule has 1 N–H and O–H groups in total. The Morgan fingerprint density at radius 3 is 2.86 bits per heavy atom. The van der Waals surface area contributed by atoms with Gasteiger partial charge in [0.2, 0.25) is 5.91 Å². The largest absolute Gasteiger partial charge is 0.325 e. The summed E-state index contributed by atoms with van der Waals surface area (Å²) in [5.41, 5.74) is 0.695. The van der Waals surface area contributed by atoms with Gasteiger partial charge in [-0.05, 0) is 36.3 Å². The quantitative estimate of drug-likeness (QED) is 0.831. The molecule has 0 radical (unpaired) electrons. The van der Waals surface area contributed by atoms with Crippen LogP contribution in [0.1, 0.15) is 19.8 Å². The summed E-state index contributed by atoms with van der Waals surface area (Å²) < 4.78 is 22.8. The molecule has 1 amide bonds. The number of hydrogen-bond acceptors (Lipinski definition) is 4. The van der Waals surface area contributed by atoms with Crippen molar-refractivity contribution in [2.45, 2.75) is 24.7 Å². The molecule has 116 valence electrons. The van der Waals surface area contributed by atoms with E-state index in [1.807, 2.05) is 13.0 Å². The lowest BCUT2D eigenvalue weighted by molar-refractivity contribution is -0.116. The molecule has 0 aliphatic carbocycles. The van der Waals surface area contributed by atoms with E-state index in [1.165, 1.54) is 0 Å². The Morgan fingerprint density at radius 1 is 1.48 bits per heavy atom. The van der Waals surface area contributed by atoms with Gasteiger partial charge in [0.15, 0.2) is 9.84 Å². The van der Waals surface area contributed by atoms with Crippen molar-refractivity contribution in [2.75, 3.05) is 22.6 Å². The third-order valence-corrected chi connectivity index (χ3v) is 6.34. The van der Waals surface area contributed by atoms with E-state index in [0.717, 1.165) is 10.6 Å². The molecule has 1 fully saturated rings. The Morgan fingerprint density at radius 2 is 2.24 bits per heavy atom. The molecule has 1 heterocycles. The van der Waals surface area contributed by atoms with Crippen molar-refractivity contribution in [3.8, 4) is 0 Å². The second-order valence-corrected chi connectivity index (χ2v) is 9.07. The van der Waals surface area contributed by atoms with E-state index in [-0.39, 0.29) is 29.8 Å². The summed E-state index contributed by atoms with van der Waals surface area (Å²) in [6, 6.07) is 5.40. The van der Waals surface area contributed by atoms with Crippen LogP contribution < -0.4 is 5.32 Å². The van der Waals surface area contributed by atoms with E-state index in [2.05, 4.69) is 5.32 Å². The van der Waals surface area contributed by atoms with Crippen LogP contribution in [0.4, 0.5) is 5.69 Å². The minimum atomic E-state index is -2.94. The molecule has 2 rings (SSSR count). The van der Waals surface area contributed by atoms with Crippen LogP contribution in [0.2, 0.25) is 5.02 Å². The van der Waals surface area contributed by atoms with E-state index < -0.39 is 9.84 Å². The van der Waals surface area contributed by atoms with Crippen LogP contribution in [0.15, 0.2) is 23.1 Å². The highest BCUT2D eigenvalue weighted by Gasteiger charge is 2.29. The number of anilines is 1. The van der Waals surface area contributed by atoms with Crippen LogP contribution in [-0.2, 0) is 14.6 Å². The van der Waals surface area contributed by atoms with Crippen LogP contribution in [0.25, 0.3) is 0 Å². The molecule has 1 aliphatic rings. The maximum Gasteiger partial charge on any atom is 0.224 e. The lowest BCUT2D eigenvalue weighted by Gasteiger charge is -2.12. The number of amides is 1. The third-order valence-electron chi connectivity index (χ3n) is 3.32. The zero-order chi connectivity index (χ0) is 15.5. The van der Waals surface area contributed by atoms with Crippen LogP contribution in [-0.4, -0.2) is 31.6 Å². The van der Waals surface area contributed by atoms with Crippen molar-refractivity contribution in [1.82, 2.24) is 0 Å². The molecule has 7 heteroatoms. The molecule has 4 nitrogen and oxygen atoms in total. The van der Waals surface area contributed by atoms with Crippen molar-refractivity contribution in [3.05, 3.63) is 23.2 Å². The van der Waals surface area contributed by atoms with E-state index in [4.69, 9.17) is 11.6 Å². The summed E-state index contributed by atoms with van der Waals surface area (Å²) in [5, 5.41) is 3.42. The average Bonchev–Trinajstić information content (AvgIpc) is 2.72. The smallest absolute Gasteiger partial charge is 0.224 e. The van der Waals surface area contributed by atoms with Crippen LogP contribution in [0.3, 0.4) is 0 Å². The lowest BCUT2D eigenvalue weighted by atomic mass is 10.1. The first-order valence-electron chi connectivity index (χ1n) is 6.82. The van der Waals surface area contributed by atoms with Crippen molar-refractivity contribution in [2.24, 2.45) is 5.92 Å².